The molecule has 0 bridgehead atoms. The maximum atomic E-state index is 12.7. The van der Waals surface area contributed by atoms with Gasteiger partial charge in [0.2, 0.25) is 0 Å². The van der Waals surface area contributed by atoms with Crippen LogP contribution in [0, 0.1) is 0 Å². The van der Waals surface area contributed by atoms with Crippen molar-refractivity contribution in [2.24, 2.45) is 0 Å². The number of esters is 1. The van der Waals surface area contributed by atoms with E-state index in [2.05, 4.69) is 29.9 Å². The van der Waals surface area contributed by atoms with Gasteiger partial charge >= 0.3 is 17.8 Å². The lowest BCUT2D eigenvalue weighted by Gasteiger charge is -2.21. The number of rotatable bonds is 11. The number of nitrogens with one attached hydrogen (secondary N) is 2. The Labute approximate surface area is 260 Å². The van der Waals surface area contributed by atoms with E-state index >= 15 is 0 Å². The van der Waals surface area contributed by atoms with Crippen molar-refractivity contribution in [2.75, 3.05) is 39.8 Å². The summed E-state index contributed by atoms with van der Waals surface area (Å²) in [6.45, 7) is 2.25. The number of carbonyl (C=O) groups excluding carboxylic acids is 2. The van der Waals surface area contributed by atoms with E-state index in [-0.39, 0.29) is 24.6 Å². The largest absolute Gasteiger partial charge is 0.516 e. The van der Waals surface area contributed by atoms with Gasteiger partial charge < -0.3 is 29.4 Å². The molecule has 3 aromatic rings. The highest BCUT2D eigenvalue weighted by Crippen LogP contribution is 2.44. The normalized spacial score (nSPS) is 20.9. The lowest BCUT2D eigenvalue weighted by Crippen LogP contribution is -2.40. The average Bonchev–Trinajstić information content (AvgIpc) is 3.49. The molecular weight excluding hydrogens is 601 g/mol. The lowest BCUT2D eigenvalue weighted by atomic mass is 9.98. The van der Waals surface area contributed by atoms with Crippen molar-refractivity contribution in [3.63, 3.8) is 0 Å². The first kappa shape index (κ1) is 32.6. The van der Waals surface area contributed by atoms with Crippen molar-refractivity contribution < 1.29 is 33.6 Å². The van der Waals surface area contributed by atoms with Crippen molar-refractivity contribution in [2.45, 2.75) is 43.4 Å². The zero-order chi connectivity index (χ0) is 32.3. The molecule has 12 nitrogen and oxygen atoms in total. The molecule has 1 aromatic heterocycles. The molecule has 0 saturated carbocycles. The molecular formula is C32H38N3O9P. The minimum Gasteiger partial charge on any atom is -0.433 e. The van der Waals surface area contributed by atoms with Gasteiger partial charge in [-0.2, -0.15) is 0 Å². The van der Waals surface area contributed by atoms with E-state index in [1.807, 2.05) is 48.5 Å². The number of ether oxygens (including phenoxy) is 4. The van der Waals surface area contributed by atoms with E-state index in [0.29, 0.717) is 6.42 Å². The third kappa shape index (κ3) is 7.37. The van der Waals surface area contributed by atoms with Gasteiger partial charge in [0.15, 0.2) is 6.23 Å². The number of carbonyl (C=O) groups is 2. The van der Waals surface area contributed by atoms with Crippen LogP contribution in [0.1, 0.15) is 35.3 Å². The number of aromatic nitrogens is 2. The summed E-state index contributed by atoms with van der Waals surface area (Å²) < 4.78 is 22.8. The SMILES string of the molecule is C=P(C)(C)CC[C@H]1O[C@@H](n2cc(CNCC(=O)OC(=O)OCC3c4ccccc4-c4ccccc43)c(=O)[nH]c2=O)[C@H](OC)[C@@H]1O. The maximum Gasteiger partial charge on any atom is 0.516 e. The Morgan fingerprint density at radius 2 is 1.73 bits per heavy atom. The first-order chi connectivity index (χ1) is 21.5. The summed E-state index contributed by atoms with van der Waals surface area (Å²) in [6.07, 6.45) is 2.29. The Balaban J connectivity index is 1.15. The second-order valence-electron chi connectivity index (χ2n) is 11.9. The molecule has 0 radical (unpaired) electrons. The molecule has 4 atom stereocenters. The zero-order valence-corrected chi connectivity index (χ0v) is 26.3. The van der Waals surface area contributed by atoms with E-state index in [0.717, 1.165) is 33.0 Å². The number of hydrogen-bond donors (Lipinski definition) is 3. The molecule has 2 aliphatic rings. The summed E-state index contributed by atoms with van der Waals surface area (Å²) in [5, 5.41) is 13.6. The number of benzene rings is 2. The van der Waals surface area contributed by atoms with Crippen LogP contribution in [0.3, 0.4) is 0 Å². The standard InChI is InChI=1S/C32H38N3O9P/c1-41-28-27(37)25(13-14-45(2,3)4)43-30(28)35-17-19(29(38)34-31(35)39)15-33-16-26(36)44-32(40)42-18-24-22-11-7-5-9-20(22)21-10-6-8-12-23(21)24/h5-12,17,24-25,27-28,30,33,37H,2,13-16,18H2,1,3-4H3,(H,34,38,39)/t25-,27-,28-,30-/m1/s1. The van der Waals surface area contributed by atoms with Gasteiger partial charge in [0.1, 0.15) is 18.8 Å². The maximum absolute atomic E-state index is 12.7. The topological polar surface area (TPSA) is 158 Å². The van der Waals surface area contributed by atoms with Crippen molar-refractivity contribution >= 4 is 25.3 Å². The van der Waals surface area contributed by atoms with Crippen molar-refractivity contribution in [3.8, 4) is 11.1 Å². The Morgan fingerprint density at radius 1 is 1.09 bits per heavy atom. The number of fused-ring (bicyclic) bond motifs is 3. The summed E-state index contributed by atoms with van der Waals surface area (Å²) in [5.74, 6) is -1.09. The molecule has 13 heteroatoms. The van der Waals surface area contributed by atoms with Gasteiger partial charge in [0.25, 0.3) is 5.56 Å². The molecule has 0 amide bonds. The highest BCUT2D eigenvalue weighted by molar-refractivity contribution is 7.72. The number of aliphatic hydroxyl groups excluding tert-OH is 1. The fourth-order valence-corrected chi connectivity index (χ4v) is 6.76. The quantitative estimate of drug-likeness (QED) is 0.162. The number of H-pyrrole nitrogens is 1. The van der Waals surface area contributed by atoms with E-state index in [9.17, 15) is 24.3 Å². The molecule has 1 fully saturated rings. The van der Waals surface area contributed by atoms with Gasteiger partial charge in [-0.25, -0.2) is 9.59 Å². The van der Waals surface area contributed by atoms with Gasteiger partial charge in [-0.05, 0) is 48.2 Å². The van der Waals surface area contributed by atoms with Crippen LogP contribution in [-0.4, -0.2) is 91.1 Å². The number of aliphatic hydroxyl groups is 1. The first-order valence-electron chi connectivity index (χ1n) is 14.6. The Kier molecular flexibility index (Phi) is 9.91. The van der Waals surface area contributed by atoms with Crippen LogP contribution >= 0.6 is 6.89 Å². The van der Waals surface area contributed by atoms with Gasteiger partial charge in [-0.15, -0.1) is 13.2 Å². The molecule has 45 heavy (non-hydrogen) atoms. The minimum absolute atomic E-state index is 0.000391. The third-order valence-corrected chi connectivity index (χ3v) is 9.50. The zero-order valence-electron chi connectivity index (χ0n) is 25.4. The van der Waals surface area contributed by atoms with Crippen LogP contribution in [0.15, 0.2) is 64.3 Å². The van der Waals surface area contributed by atoms with Crippen LogP contribution in [0.4, 0.5) is 4.79 Å². The van der Waals surface area contributed by atoms with Gasteiger partial charge in [0, 0.05) is 31.3 Å². The molecule has 2 heterocycles. The lowest BCUT2D eigenvalue weighted by molar-refractivity contribution is -0.138. The summed E-state index contributed by atoms with van der Waals surface area (Å²) in [7, 11) is 1.41. The summed E-state index contributed by atoms with van der Waals surface area (Å²) in [5.41, 5.74) is 2.92. The molecule has 2 aromatic carbocycles. The van der Waals surface area contributed by atoms with Gasteiger partial charge in [0.05, 0.1) is 12.6 Å². The highest BCUT2D eigenvalue weighted by atomic mass is 31.2. The molecule has 0 unspecified atom stereocenters. The van der Waals surface area contributed by atoms with Crippen molar-refractivity contribution in [1.82, 2.24) is 14.9 Å². The fraction of sp³-hybridized carbons (Fsp3) is 0.406. The Bertz CT molecular complexity index is 1680. The predicted octanol–water partition coefficient (Wildman–Crippen LogP) is 2.49. The molecule has 0 spiro atoms. The highest BCUT2D eigenvalue weighted by Gasteiger charge is 2.45. The summed E-state index contributed by atoms with van der Waals surface area (Å²) in [6, 6.07) is 15.7. The van der Waals surface area contributed by atoms with E-state index in [1.54, 1.807) is 0 Å². The van der Waals surface area contributed by atoms with Crippen LogP contribution in [0.2, 0.25) is 0 Å². The molecule has 1 aliphatic carbocycles. The van der Waals surface area contributed by atoms with E-state index in [4.69, 9.17) is 18.9 Å². The number of hydrogen-bond acceptors (Lipinski definition) is 10. The van der Waals surface area contributed by atoms with Crippen LogP contribution in [0.5, 0.6) is 0 Å². The summed E-state index contributed by atoms with van der Waals surface area (Å²) >= 11 is 0. The minimum atomic E-state index is -1.37. The fourth-order valence-electron chi connectivity index (χ4n) is 5.80. The number of aromatic amines is 1. The average molecular weight is 640 g/mol. The number of methoxy groups -OCH3 is 1. The smallest absolute Gasteiger partial charge is 0.433 e. The first-order valence-corrected chi connectivity index (χ1v) is 17.7. The second kappa shape index (κ2) is 13.7. The molecule has 5 rings (SSSR count). The van der Waals surface area contributed by atoms with Crippen LogP contribution in [-0.2, 0) is 30.3 Å². The number of nitrogens with zero attached hydrogens (tertiary/aromatic N) is 1. The molecule has 3 N–H and O–H groups in total. The molecule has 1 aliphatic heterocycles. The van der Waals surface area contributed by atoms with E-state index < -0.39 is 61.3 Å². The van der Waals surface area contributed by atoms with Crippen LogP contribution in [0.25, 0.3) is 11.1 Å². The molecule has 240 valence electrons. The summed E-state index contributed by atoms with van der Waals surface area (Å²) in [4.78, 5) is 52.1. The van der Waals surface area contributed by atoms with Gasteiger partial charge in [-0.1, -0.05) is 48.5 Å². The third-order valence-electron chi connectivity index (χ3n) is 8.03. The predicted molar refractivity (Wildman–Crippen MR) is 170 cm³/mol. The monoisotopic (exact) mass is 639 g/mol. The van der Waals surface area contributed by atoms with E-state index in [1.165, 1.54) is 13.3 Å². The van der Waals surface area contributed by atoms with Crippen molar-refractivity contribution in [3.05, 3.63) is 92.3 Å². The second-order valence-corrected chi connectivity index (χ2v) is 16.2. The molecule has 1 saturated heterocycles. The van der Waals surface area contributed by atoms with Gasteiger partial charge in [-0.3, -0.25) is 19.1 Å². The Hall–Kier alpha value is -3.80. The Morgan fingerprint density at radius 3 is 2.36 bits per heavy atom. The van der Waals surface area contributed by atoms with Crippen LogP contribution < -0.4 is 16.6 Å². The van der Waals surface area contributed by atoms with Crippen molar-refractivity contribution in [1.29, 1.82) is 0 Å².